The van der Waals surface area contributed by atoms with Gasteiger partial charge >= 0.3 is 0 Å². The summed E-state index contributed by atoms with van der Waals surface area (Å²) in [6.45, 7) is 0. The van der Waals surface area contributed by atoms with Crippen molar-refractivity contribution in [2.45, 2.75) is 5.41 Å². The molecule has 14 aromatic rings. The Balaban J connectivity index is 0.852. The van der Waals surface area contributed by atoms with Gasteiger partial charge in [0.05, 0.1) is 11.1 Å². The molecule has 0 radical (unpaired) electrons. The van der Waals surface area contributed by atoms with Crippen molar-refractivity contribution < 1.29 is 0 Å². The van der Waals surface area contributed by atoms with Gasteiger partial charge in [0.15, 0.2) is 23.3 Å². The standard InChI is InChI=1S/C79H56N8/c1-9-25-61(26-10-1)73-80-74(62-27-11-2-12-28-62)83-77(82-73)87(78-84-75(63-29-13-3-14-30-63)81-76(85-78)64-31-15-4-16-32-64)72-55-47-60(48-56-72)58-43-51-68(52-44-58)79(65-33-17-5-18-34-65,66-35-19-6-20-36-66)67-49-41-57(42-50-67)59-45-53-71(54-46-59)86(69-37-21-7-22-38-69)70-39-23-8-24-40-70/h1-56H. The molecule has 0 saturated heterocycles. The second-order valence-corrected chi connectivity index (χ2v) is 21.1. The smallest absolute Gasteiger partial charge is 0.241 e. The Morgan fingerprint density at radius 1 is 0.172 bits per heavy atom. The minimum atomic E-state index is -0.664. The first kappa shape index (κ1) is 53.3. The van der Waals surface area contributed by atoms with E-state index in [1.165, 1.54) is 11.1 Å². The van der Waals surface area contributed by atoms with Gasteiger partial charge in [0.25, 0.3) is 0 Å². The molecule has 0 saturated carbocycles. The zero-order chi connectivity index (χ0) is 58.2. The van der Waals surface area contributed by atoms with E-state index in [-0.39, 0.29) is 0 Å². The average Bonchev–Trinajstić information content (AvgIpc) is 3.41. The Labute approximate surface area is 506 Å². The van der Waals surface area contributed by atoms with E-state index in [4.69, 9.17) is 29.9 Å². The van der Waals surface area contributed by atoms with Gasteiger partial charge in [-0.05, 0) is 93.0 Å². The van der Waals surface area contributed by atoms with E-state index < -0.39 is 5.41 Å². The number of benzene rings is 12. The molecule has 0 N–H and O–H groups in total. The van der Waals surface area contributed by atoms with Crippen LogP contribution in [0.5, 0.6) is 0 Å². The van der Waals surface area contributed by atoms with Crippen molar-refractivity contribution in [1.29, 1.82) is 0 Å². The highest BCUT2D eigenvalue weighted by Crippen LogP contribution is 2.47. The van der Waals surface area contributed by atoms with E-state index >= 15 is 0 Å². The molecule has 0 bridgehead atoms. The van der Waals surface area contributed by atoms with Gasteiger partial charge < -0.3 is 4.90 Å². The van der Waals surface area contributed by atoms with Crippen molar-refractivity contribution in [3.8, 4) is 67.8 Å². The van der Waals surface area contributed by atoms with Crippen molar-refractivity contribution in [3.63, 3.8) is 0 Å². The fourth-order valence-electron chi connectivity index (χ4n) is 11.5. The third-order valence-electron chi connectivity index (χ3n) is 15.8. The maximum absolute atomic E-state index is 5.22. The van der Waals surface area contributed by atoms with Crippen LogP contribution >= 0.6 is 0 Å². The number of hydrogen-bond donors (Lipinski definition) is 0. The van der Waals surface area contributed by atoms with Gasteiger partial charge in [0.2, 0.25) is 11.9 Å². The molecular formula is C79H56N8. The van der Waals surface area contributed by atoms with E-state index in [1.807, 2.05) is 126 Å². The van der Waals surface area contributed by atoms with E-state index in [2.05, 4.69) is 223 Å². The summed E-state index contributed by atoms with van der Waals surface area (Å²) in [5.41, 5.74) is 15.8. The van der Waals surface area contributed by atoms with Crippen molar-refractivity contribution in [1.82, 2.24) is 29.9 Å². The molecule has 14 rings (SSSR count). The minimum Gasteiger partial charge on any atom is -0.311 e. The van der Waals surface area contributed by atoms with Crippen LogP contribution < -0.4 is 9.80 Å². The third-order valence-corrected chi connectivity index (χ3v) is 15.8. The Morgan fingerprint density at radius 3 is 0.678 bits per heavy atom. The normalized spacial score (nSPS) is 11.2. The molecule has 0 amide bonds. The molecule has 8 heteroatoms. The lowest BCUT2D eigenvalue weighted by Crippen LogP contribution is -2.31. The lowest BCUT2D eigenvalue weighted by atomic mass is 9.65. The molecule has 0 aliphatic heterocycles. The zero-order valence-electron chi connectivity index (χ0n) is 47.4. The average molecular weight is 1120 g/mol. The quantitative estimate of drug-likeness (QED) is 0.0885. The van der Waals surface area contributed by atoms with Crippen LogP contribution in [0.2, 0.25) is 0 Å². The molecule has 2 aromatic heterocycles. The molecule has 412 valence electrons. The largest absolute Gasteiger partial charge is 0.311 e. The topological polar surface area (TPSA) is 83.8 Å². The van der Waals surface area contributed by atoms with E-state index in [0.29, 0.717) is 35.2 Å². The molecule has 0 fully saturated rings. The van der Waals surface area contributed by atoms with Crippen LogP contribution in [0.1, 0.15) is 22.3 Å². The maximum Gasteiger partial charge on any atom is 0.241 e. The van der Waals surface area contributed by atoms with Crippen LogP contribution in [-0.2, 0) is 5.41 Å². The summed E-state index contributed by atoms with van der Waals surface area (Å²) in [5.74, 6) is 2.75. The lowest BCUT2D eigenvalue weighted by molar-refractivity contribution is 0.745. The fourth-order valence-corrected chi connectivity index (χ4v) is 11.5. The molecular weight excluding hydrogens is 1060 g/mol. The number of para-hydroxylation sites is 2. The molecule has 2 heterocycles. The number of hydrogen-bond acceptors (Lipinski definition) is 8. The monoisotopic (exact) mass is 1120 g/mol. The molecule has 0 aliphatic carbocycles. The molecule has 0 spiro atoms. The highest BCUT2D eigenvalue weighted by atomic mass is 15.4. The Bertz CT molecular complexity index is 4230. The summed E-state index contributed by atoms with van der Waals surface area (Å²) in [4.78, 5) is 35.2. The molecule has 12 aromatic carbocycles. The van der Waals surface area contributed by atoms with Crippen molar-refractivity contribution >= 4 is 34.6 Å². The Kier molecular flexibility index (Phi) is 14.8. The van der Waals surface area contributed by atoms with Crippen molar-refractivity contribution in [3.05, 3.63) is 362 Å². The number of aromatic nitrogens is 6. The highest BCUT2D eigenvalue weighted by molar-refractivity contribution is 5.80. The van der Waals surface area contributed by atoms with Gasteiger partial charge in [-0.1, -0.05) is 291 Å². The predicted molar refractivity (Wildman–Crippen MR) is 354 cm³/mol. The molecule has 0 atom stereocenters. The number of anilines is 6. The van der Waals surface area contributed by atoms with Crippen molar-refractivity contribution in [2.24, 2.45) is 0 Å². The zero-order valence-corrected chi connectivity index (χ0v) is 47.4. The summed E-state index contributed by atoms with van der Waals surface area (Å²) in [7, 11) is 0. The second kappa shape index (κ2) is 24.2. The summed E-state index contributed by atoms with van der Waals surface area (Å²) in [6, 6.07) is 118. The molecule has 0 aliphatic rings. The SMILES string of the molecule is c1ccc(-c2nc(-c3ccccc3)nc(N(c3ccc(-c4ccc(C(c5ccccc5)(c5ccccc5)c5ccc(-c6ccc(N(c7ccccc7)c7ccccc7)cc6)cc5)cc4)cc3)c3nc(-c4ccccc4)nc(-c4ccccc4)n3)n2)cc1. The predicted octanol–water partition coefficient (Wildman–Crippen LogP) is 19.4. The maximum atomic E-state index is 5.22. The number of nitrogens with zero attached hydrogens (tertiary/aromatic N) is 8. The van der Waals surface area contributed by atoms with Crippen LogP contribution in [0, 0.1) is 0 Å². The van der Waals surface area contributed by atoms with Crippen LogP contribution in [0.25, 0.3) is 67.8 Å². The van der Waals surface area contributed by atoms with Gasteiger partial charge in [-0.15, -0.1) is 0 Å². The Hall–Kier alpha value is -11.7. The number of rotatable bonds is 16. The summed E-state index contributed by atoms with van der Waals surface area (Å²) >= 11 is 0. The Morgan fingerprint density at radius 2 is 0.391 bits per heavy atom. The van der Waals surface area contributed by atoms with E-state index in [9.17, 15) is 0 Å². The van der Waals surface area contributed by atoms with Crippen LogP contribution in [0.3, 0.4) is 0 Å². The van der Waals surface area contributed by atoms with Crippen LogP contribution in [0.15, 0.2) is 340 Å². The van der Waals surface area contributed by atoms with Gasteiger partial charge in [-0.2, -0.15) is 19.9 Å². The van der Waals surface area contributed by atoms with Crippen LogP contribution in [-0.4, -0.2) is 29.9 Å². The second-order valence-electron chi connectivity index (χ2n) is 21.1. The van der Waals surface area contributed by atoms with Gasteiger partial charge in [0, 0.05) is 39.3 Å². The minimum absolute atomic E-state index is 0.349. The van der Waals surface area contributed by atoms with Crippen LogP contribution in [0.4, 0.5) is 34.6 Å². The first-order chi connectivity index (χ1) is 43.1. The summed E-state index contributed by atoms with van der Waals surface area (Å²) < 4.78 is 0. The fraction of sp³-hybridized carbons (Fsp3) is 0.0127. The van der Waals surface area contributed by atoms with Gasteiger partial charge in [0.1, 0.15) is 0 Å². The first-order valence-corrected chi connectivity index (χ1v) is 29.1. The van der Waals surface area contributed by atoms with E-state index in [0.717, 1.165) is 78.4 Å². The first-order valence-electron chi connectivity index (χ1n) is 29.1. The van der Waals surface area contributed by atoms with Gasteiger partial charge in [-0.3, -0.25) is 0 Å². The van der Waals surface area contributed by atoms with E-state index in [1.54, 1.807) is 0 Å². The summed E-state index contributed by atoms with van der Waals surface area (Å²) in [6.07, 6.45) is 0. The molecule has 8 nitrogen and oxygen atoms in total. The van der Waals surface area contributed by atoms with Crippen molar-refractivity contribution in [2.75, 3.05) is 9.80 Å². The third kappa shape index (κ3) is 10.9. The highest BCUT2D eigenvalue weighted by Gasteiger charge is 2.38. The molecule has 0 unspecified atom stereocenters. The summed E-state index contributed by atoms with van der Waals surface area (Å²) in [5, 5.41) is 0. The molecule has 87 heavy (non-hydrogen) atoms. The van der Waals surface area contributed by atoms with Gasteiger partial charge in [-0.25, -0.2) is 14.9 Å². The lowest BCUT2D eigenvalue weighted by Gasteiger charge is -2.37.